The molecule has 0 unspecified atom stereocenters. The number of para-hydroxylation sites is 1. The summed E-state index contributed by atoms with van der Waals surface area (Å²) in [4.78, 5) is 16.6. The van der Waals surface area contributed by atoms with E-state index in [9.17, 15) is 4.79 Å². The average molecular weight is 347 g/mol. The minimum atomic E-state index is -0.256. The zero-order valence-electron chi connectivity index (χ0n) is 15.0. The minimum Gasteiger partial charge on any atom is -0.497 e. The van der Waals surface area contributed by atoms with Gasteiger partial charge in [-0.15, -0.1) is 0 Å². The summed E-state index contributed by atoms with van der Waals surface area (Å²) >= 11 is 0. The van der Waals surface area contributed by atoms with Crippen LogP contribution in [0.4, 0.5) is 17.1 Å². The van der Waals surface area contributed by atoms with Crippen molar-refractivity contribution in [2.24, 2.45) is 0 Å². The van der Waals surface area contributed by atoms with Gasteiger partial charge in [0.2, 0.25) is 0 Å². The molecule has 0 aliphatic rings. The number of anilines is 3. The molecule has 1 heterocycles. The van der Waals surface area contributed by atoms with Crippen LogP contribution in [0.1, 0.15) is 21.6 Å². The Morgan fingerprint density at radius 2 is 1.58 bits per heavy atom. The fraction of sp³-hybridized carbons (Fsp3) is 0.143. The zero-order valence-corrected chi connectivity index (χ0v) is 15.0. The van der Waals surface area contributed by atoms with Crippen LogP contribution in [-0.4, -0.2) is 18.0 Å². The normalized spacial score (nSPS) is 10.3. The van der Waals surface area contributed by atoms with Crippen molar-refractivity contribution in [3.8, 4) is 5.75 Å². The van der Waals surface area contributed by atoms with Crippen LogP contribution < -0.4 is 15.4 Å². The number of carbonyl (C=O) groups is 1. The van der Waals surface area contributed by atoms with E-state index in [0.29, 0.717) is 11.4 Å². The molecule has 2 aromatic carbocycles. The third-order valence-electron chi connectivity index (χ3n) is 4.09. The van der Waals surface area contributed by atoms with Gasteiger partial charge in [0.25, 0.3) is 5.91 Å². The molecule has 5 nitrogen and oxygen atoms in total. The second-order valence-corrected chi connectivity index (χ2v) is 6.01. The Morgan fingerprint density at radius 1 is 0.923 bits per heavy atom. The quantitative estimate of drug-likeness (QED) is 0.702. The predicted molar refractivity (Wildman–Crippen MR) is 104 cm³/mol. The number of aromatic nitrogens is 1. The van der Waals surface area contributed by atoms with Crippen molar-refractivity contribution in [2.75, 3.05) is 17.7 Å². The Labute approximate surface area is 153 Å². The monoisotopic (exact) mass is 347 g/mol. The van der Waals surface area contributed by atoms with Gasteiger partial charge in [-0.25, -0.2) is 4.98 Å². The summed E-state index contributed by atoms with van der Waals surface area (Å²) in [5.74, 6) is 0.483. The van der Waals surface area contributed by atoms with Crippen molar-refractivity contribution in [1.29, 1.82) is 0 Å². The molecule has 0 spiro atoms. The van der Waals surface area contributed by atoms with E-state index in [-0.39, 0.29) is 5.91 Å². The average Bonchev–Trinajstić information content (AvgIpc) is 2.66. The SMILES string of the molecule is COc1ccc(NC(=O)c2ccc(Nc3c(C)cccc3C)cn2)cc1. The first-order chi connectivity index (χ1) is 12.6. The van der Waals surface area contributed by atoms with E-state index in [2.05, 4.69) is 41.6 Å². The number of ether oxygens (including phenoxy) is 1. The Balaban J connectivity index is 1.69. The summed E-state index contributed by atoms with van der Waals surface area (Å²) in [5.41, 5.74) is 5.26. The Kier molecular flexibility index (Phi) is 5.17. The molecule has 0 atom stereocenters. The van der Waals surface area contributed by atoms with Gasteiger partial charge in [0.15, 0.2) is 0 Å². The molecule has 2 N–H and O–H groups in total. The molecule has 0 radical (unpaired) electrons. The number of benzene rings is 2. The number of rotatable bonds is 5. The van der Waals surface area contributed by atoms with Crippen LogP contribution in [0.5, 0.6) is 5.75 Å². The van der Waals surface area contributed by atoms with Gasteiger partial charge in [-0.2, -0.15) is 0 Å². The van der Waals surface area contributed by atoms with Crippen LogP contribution >= 0.6 is 0 Å². The highest BCUT2D eigenvalue weighted by atomic mass is 16.5. The second-order valence-electron chi connectivity index (χ2n) is 6.01. The molecular formula is C21H21N3O2. The van der Waals surface area contributed by atoms with Gasteiger partial charge in [0, 0.05) is 11.4 Å². The smallest absolute Gasteiger partial charge is 0.274 e. The van der Waals surface area contributed by atoms with Crippen LogP contribution in [0.15, 0.2) is 60.8 Å². The van der Waals surface area contributed by atoms with Gasteiger partial charge in [-0.05, 0) is 61.4 Å². The Morgan fingerprint density at radius 3 is 2.15 bits per heavy atom. The van der Waals surface area contributed by atoms with E-state index < -0.39 is 0 Å². The molecule has 0 saturated heterocycles. The largest absolute Gasteiger partial charge is 0.497 e. The van der Waals surface area contributed by atoms with E-state index in [1.54, 1.807) is 43.6 Å². The maximum absolute atomic E-state index is 12.3. The molecule has 0 fully saturated rings. The molecule has 0 bridgehead atoms. The number of methoxy groups -OCH3 is 1. The van der Waals surface area contributed by atoms with E-state index >= 15 is 0 Å². The number of hydrogen-bond acceptors (Lipinski definition) is 4. The van der Waals surface area contributed by atoms with Crippen LogP contribution in [0.25, 0.3) is 0 Å². The van der Waals surface area contributed by atoms with Crippen LogP contribution in [0, 0.1) is 13.8 Å². The Bertz CT molecular complexity index is 883. The number of amides is 1. The molecule has 26 heavy (non-hydrogen) atoms. The summed E-state index contributed by atoms with van der Waals surface area (Å²) in [6, 6.07) is 16.8. The fourth-order valence-corrected chi connectivity index (χ4v) is 2.63. The van der Waals surface area contributed by atoms with E-state index in [1.807, 2.05) is 12.1 Å². The van der Waals surface area contributed by atoms with Crippen molar-refractivity contribution in [3.05, 3.63) is 77.6 Å². The molecule has 1 aromatic heterocycles. The van der Waals surface area contributed by atoms with Crippen molar-refractivity contribution in [3.63, 3.8) is 0 Å². The number of aryl methyl sites for hydroxylation is 2. The van der Waals surface area contributed by atoms with Gasteiger partial charge in [0.05, 0.1) is 19.0 Å². The first-order valence-corrected chi connectivity index (χ1v) is 8.31. The topological polar surface area (TPSA) is 63.2 Å². The lowest BCUT2D eigenvalue weighted by molar-refractivity contribution is 0.102. The van der Waals surface area contributed by atoms with Gasteiger partial charge in [-0.3, -0.25) is 4.79 Å². The van der Waals surface area contributed by atoms with Crippen LogP contribution in [0.3, 0.4) is 0 Å². The molecule has 0 aliphatic heterocycles. The summed E-state index contributed by atoms with van der Waals surface area (Å²) in [6.07, 6.45) is 1.66. The van der Waals surface area contributed by atoms with Crippen molar-refractivity contribution in [1.82, 2.24) is 4.98 Å². The van der Waals surface area contributed by atoms with Crippen LogP contribution in [0.2, 0.25) is 0 Å². The third-order valence-corrected chi connectivity index (χ3v) is 4.09. The molecule has 3 rings (SSSR count). The summed E-state index contributed by atoms with van der Waals surface area (Å²) in [7, 11) is 1.60. The lowest BCUT2D eigenvalue weighted by Crippen LogP contribution is -2.13. The summed E-state index contributed by atoms with van der Waals surface area (Å²) in [6.45, 7) is 4.11. The van der Waals surface area contributed by atoms with Crippen molar-refractivity contribution >= 4 is 23.0 Å². The number of carbonyl (C=O) groups excluding carboxylic acids is 1. The highest BCUT2D eigenvalue weighted by Gasteiger charge is 2.09. The summed E-state index contributed by atoms with van der Waals surface area (Å²) < 4.78 is 5.11. The van der Waals surface area contributed by atoms with Gasteiger partial charge in [-0.1, -0.05) is 18.2 Å². The summed E-state index contributed by atoms with van der Waals surface area (Å²) in [5, 5.41) is 6.18. The number of nitrogens with one attached hydrogen (secondary N) is 2. The van der Waals surface area contributed by atoms with Gasteiger partial charge < -0.3 is 15.4 Å². The first kappa shape index (κ1) is 17.5. The lowest BCUT2D eigenvalue weighted by Gasteiger charge is -2.12. The van der Waals surface area contributed by atoms with E-state index in [0.717, 1.165) is 28.3 Å². The molecule has 132 valence electrons. The molecule has 5 heteroatoms. The number of pyridine rings is 1. The van der Waals surface area contributed by atoms with Gasteiger partial charge in [0.1, 0.15) is 11.4 Å². The highest BCUT2D eigenvalue weighted by molar-refractivity contribution is 6.03. The fourth-order valence-electron chi connectivity index (χ4n) is 2.63. The number of nitrogens with zero attached hydrogens (tertiary/aromatic N) is 1. The highest BCUT2D eigenvalue weighted by Crippen LogP contribution is 2.24. The standard InChI is InChI=1S/C21H21N3O2/c1-14-5-4-6-15(2)20(14)23-17-9-12-19(22-13-17)21(25)24-16-7-10-18(26-3)11-8-16/h4-13,23H,1-3H3,(H,24,25). The molecule has 1 amide bonds. The van der Waals surface area contributed by atoms with Crippen molar-refractivity contribution in [2.45, 2.75) is 13.8 Å². The molecule has 0 aliphatic carbocycles. The molecule has 3 aromatic rings. The van der Waals surface area contributed by atoms with Gasteiger partial charge >= 0.3 is 0 Å². The Hall–Kier alpha value is -3.34. The molecular weight excluding hydrogens is 326 g/mol. The maximum atomic E-state index is 12.3. The van der Waals surface area contributed by atoms with E-state index in [4.69, 9.17) is 4.74 Å². The molecule has 0 saturated carbocycles. The van der Waals surface area contributed by atoms with E-state index in [1.165, 1.54) is 0 Å². The number of hydrogen-bond donors (Lipinski definition) is 2. The predicted octanol–water partition coefficient (Wildman–Crippen LogP) is 4.70. The maximum Gasteiger partial charge on any atom is 0.274 e. The second kappa shape index (κ2) is 7.70. The van der Waals surface area contributed by atoms with Crippen molar-refractivity contribution < 1.29 is 9.53 Å². The third kappa shape index (κ3) is 4.00. The first-order valence-electron chi connectivity index (χ1n) is 8.31. The lowest BCUT2D eigenvalue weighted by atomic mass is 10.1. The van der Waals surface area contributed by atoms with Crippen LogP contribution in [-0.2, 0) is 0 Å². The minimum absolute atomic E-state index is 0.256. The zero-order chi connectivity index (χ0) is 18.5.